The van der Waals surface area contributed by atoms with E-state index in [0.717, 1.165) is 39.0 Å². The van der Waals surface area contributed by atoms with E-state index in [4.69, 9.17) is 4.74 Å². The molecule has 1 N–H and O–H groups in total. The van der Waals surface area contributed by atoms with Gasteiger partial charge in [-0.1, -0.05) is 0 Å². The Bertz CT molecular complexity index is 823. The average Bonchev–Trinajstić information content (AvgIpc) is 3.40. The molecule has 1 unspecified atom stereocenters. The van der Waals surface area contributed by atoms with Gasteiger partial charge >= 0.3 is 6.09 Å². The first kappa shape index (κ1) is 20.8. The minimum atomic E-state index is -0.545. The Balaban J connectivity index is 1.41. The monoisotopic (exact) mass is 422 g/mol. The molecule has 4 rings (SSSR count). The number of carbonyl (C=O) groups excluding carboxylic acids is 2. The number of halogens is 2. The maximum atomic E-state index is 15.0. The average molecular weight is 422 g/mol. The zero-order valence-electron chi connectivity index (χ0n) is 17.2. The van der Waals surface area contributed by atoms with Crippen LogP contribution in [0, 0.1) is 11.2 Å². The van der Waals surface area contributed by atoms with Gasteiger partial charge in [-0.15, -0.1) is 0 Å². The fourth-order valence-corrected chi connectivity index (χ4v) is 4.83. The number of alkyl halides is 1. The van der Waals surface area contributed by atoms with Crippen LogP contribution in [-0.4, -0.2) is 75.5 Å². The largest absolute Gasteiger partial charge is 0.442 e. The van der Waals surface area contributed by atoms with Crippen molar-refractivity contribution in [3.05, 3.63) is 24.0 Å². The second-order valence-electron chi connectivity index (χ2n) is 8.58. The van der Waals surface area contributed by atoms with Crippen molar-refractivity contribution in [2.45, 2.75) is 25.9 Å². The molecule has 3 heterocycles. The van der Waals surface area contributed by atoms with Crippen LogP contribution in [0.1, 0.15) is 19.8 Å². The number of cyclic esters (lactones) is 1. The third-order valence-electron chi connectivity index (χ3n) is 6.39. The molecule has 1 spiro atoms. The highest BCUT2D eigenvalue weighted by Crippen LogP contribution is 2.42. The van der Waals surface area contributed by atoms with Gasteiger partial charge in [-0.05, 0) is 37.6 Å². The molecule has 3 fully saturated rings. The number of ether oxygens (including phenoxy) is 1. The van der Waals surface area contributed by atoms with Crippen LogP contribution >= 0.6 is 0 Å². The number of nitrogens with zero attached hydrogens (tertiary/aromatic N) is 3. The van der Waals surface area contributed by atoms with Crippen molar-refractivity contribution in [1.29, 1.82) is 0 Å². The summed E-state index contributed by atoms with van der Waals surface area (Å²) in [7, 11) is 0. The van der Waals surface area contributed by atoms with Gasteiger partial charge in [0.25, 0.3) is 0 Å². The molecule has 0 bridgehead atoms. The number of anilines is 2. The summed E-state index contributed by atoms with van der Waals surface area (Å²) in [6.45, 7) is 5.32. The van der Waals surface area contributed by atoms with Crippen molar-refractivity contribution >= 4 is 23.4 Å². The highest BCUT2D eigenvalue weighted by molar-refractivity contribution is 5.90. The van der Waals surface area contributed by atoms with Crippen LogP contribution < -0.4 is 15.1 Å². The van der Waals surface area contributed by atoms with Gasteiger partial charge in [-0.2, -0.15) is 0 Å². The second-order valence-corrected chi connectivity index (χ2v) is 8.58. The van der Waals surface area contributed by atoms with Gasteiger partial charge in [0.2, 0.25) is 5.91 Å². The van der Waals surface area contributed by atoms with Gasteiger partial charge in [-0.3, -0.25) is 9.69 Å². The normalized spacial score (nSPS) is 26.6. The van der Waals surface area contributed by atoms with E-state index in [1.165, 1.54) is 17.9 Å². The van der Waals surface area contributed by atoms with Crippen LogP contribution in [0.3, 0.4) is 0 Å². The first-order valence-electron chi connectivity index (χ1n) is 10.4. The predicted octanol–water partition coefficient (Wildman–Crippen LogP) is 2.16. The zero-order chi connectivity index (χ0) is 21.3. The summed E-state index contributed by atoms with van der Waals surface area (Å²) in [4.78, 5) is 28.8. The number of likely N-dealkylation sites (tertiary alicyclic amines) is 1. The molecule has 7 nitrogen and oxygen atoms in total. The number of hydrogen-bond acceptors (Lipinski definition) is 5. The van der Waals surface area contributed by atoms with Crippen molar-refractivity contribution < 1.29 is 23.1 Å². The maximum absolute atomic E-state index is 15.0. The number of amides is 2. The summed E-state index contributed by atoms with van der Waals surface area (Å²) in [5.74, 6) is -0.570. The van der Waals surface area contributed by atoms with E-state index in [2.05, 4.69) is 15.1 Å². The lowest BCUT2D eigenvalue weighted by atomic mass is 9.86. The fourth-order valence-electron chi connectivity index (χ4n) is 4.83. The fraction of sp³-hybridized carbons (Fsp3) is 0.619. The quantitative estimate of drug-likeness (QED) is 0.761. The predicted molar refractivity (Wildman–Crippen MR) is 109 cm³/mol. The van der Waals surface area contributed by atoms with E-state index in [-0.39, 0.29) is 36.9 Å². The summed E-state index contributed by atoms with van der Waals surface area (Å²) in [6.07, 6.45) is 0.979. The van der Waals surface area contributed by atoms with E-state index in [9.17, 15) is 18.4 Å². The minimum Gasteiger partial charge on any atom is -0.442 e. The Morgan fingerprint density at radius 3 is 2.83 bits per heavy atom. The first-order valence-corrected chi connectivity index (χ1v) is 10.4. The van der Waals surface area contributed by atoms with Gasteiger partial charge in [0.1, 0.15) is 18.6 Å². The lowest BCUT2D eigenvalue weighted by molar-refractivity contribution is -0.119. The Kier molecular flexibility index (Phi) is 5.81. The standard InChI is InChI=1S/C21H28F2N4O3/c1-15(28)24-11-17-12-27(20(29)30-17)16-2-3-19(18(23)10-16)26-8-5-21(14-26)4-7-25(13-21)9-6-22/h2-3,10,17H,4-9,11-14H2,1H3,(H,24,28)/t17-,21?/m0/s1. The molecule has 0 saturated carbocycles. The molecule has 2 atom stereocenters. The summed E-state index contributed by atoms with van der Waals surface area (Å²) >= 11 is 0. The molecule has 3 aliphatic rings. The van der Waals surface area contributed by atoms with E-state index in [0.29, 0.717) is 17.9 Å². The number of carbonyl (C=O) groups is 2. The minimum absolute atomic E-state index is 0.107. The van der Waals surface area contributed by atoms with Crippen LogP contribution in [0.4, 0.5) is 25.0 Å². The molecule has 9 heteroatoms. The molecular weight excluding hydrogens is 394 g/mol. The Morgan fingerprint density at radius 1 is 1.30 bits per heavy atom. The molecule has 3 aliphatic heterocycles. The molecule has 164 valence electrons. The molecule has 0 aliphatic carbocycles. The van der Waals surface area contributed by atoms with Crippen LogP contribution in [0.2, 0.25) is 0 Å². The van der Waals surface area contributed by atoms with Crippen molar-refractivity contribution in [3.8, 4) is 0 Å². The second kappa shape index (κ2) is 8.37. The molecule has 0 aromatic heterocycles. The van der Waals surface area contributed by atoms with Crippen molar-refractivity contribution in [1.82, 2.24) is 10.2 Å². The SMILES string of the molecule is CC(=O)NC[C@H]1CN(c2ccc(N3CCC4(CCN(CCF)C4)C3)c(F)c2)C(=O)O1. The van der Waals surface area contributed by atoms with Gasteiger partial charge < -0.3 is 19.9 Å². The van der Waals surface area contributed by atoms with Crippen LogP contribution in [0.15, 0.2) is 18.2 Å². The van der Waals surface area contributed by atoms with E-state index in [1.54, 1.807) is 12.1 Å². The zero-order valence-corrected chi connectivity index (χ0v) is 17.2. The van der Waals surface area contributed by atoms with Gasteiger partial charge in [0.05, 0.1) is 24.5 Å². The summed E-state index contributed by atoms with van der Waals surface area (Å²) in [5, 5.41) is 2.62. The molecule has 1 aromatic rings. The molecular formula is C21H28F2N4O3. The van der Waals surface area contributed by atoms with E-state index >= 15 is 0 Å². The maximum Gasteiger partial charge on any atom is 0.414 e. The molecule has 0 radical (unpaired) electrons. The van der Waals surface area contributed by atoms with E-state index < -0.39 is 12.2 Å². The third-order valence-corrected chi connectivity index (χ3v) is 6.39. The Morgan fingerprint density at radius 2 is 2.10 bits per heavy atom. The van der Waals surface area contributed by atoms with Gasteiger partial charge in [-0.25, -0.2) is 13.6 Å². The number of rotatable bonds is 6. The lowest BCUT2D eigenvalue weighted by Gasteiger charge is -2.26. The lowest BCUT2D eigenvalue weighted by Crippen LogP contribution is -2.33. The van der Waals surface area contributed by atoms with Crippen molar-refractivity contribution in [2.24, 2.45) is 5.41 Å². The Labute approximate surface area is 174 Å². The Hall–Kier alpha value is -2.42. The van der Waals surface area contributed by atoms with Gasteiger partial charge in [0.15, 0.2) is 0 Å². The summed E-state index contributed by atoms with van der Waals surface area (Å²) in [6, 6.07) is 4.81. The van der Waals surface area contributed by atoms with Crippen LogP contribution in [0.5, 0.6) is 0 Å². The highest BCUT2D eigenvalue weighted by Gasteiger charge is 2.43. The van der Waals surface area contributed by atoms with Crippen LogP contribution in [0.25, 0.3) is 0 Å². The number of benzene rings is 1. The van der Waals surface area contributed by atoms with Crippen molar-refractivity contribution in [3.63, 3.8) is 0 Å². The summed E-state index contributed by atoms with van der Waals surface area (Å²) < 4.78 is 32.9. The first-order chi connectivity index (χ1) is 14.4. The smallest absolute Gasteiger partial charge is 0.414 e. The third kappa shape index (κ3) is 4.21. The number of hydrogen-bond donors (Lipinski definition) is 1. The summed E-state index contributed by atoms with van der Waals surface area (Å²) in [5.41, 5.74) is 1.08. The van der Waals surface area contributed by atoms with Crippen LogP contribution in [-0.2, 0) is 9.53 Å². The molecule has 2 amide bonds. The molecule has 3 saturated heterocycles. The topological polar surface area (TPSA) is 65.1 Å². The van der Waals surface area contributed by atoms with Gasteiger partial charge in [0, 0.05) is 38.5 Å². The highest BCUT2D eigenvalue weighted by atomic mass is 19.1. The van der Waals surface area contributed by atoms with E-state index in [1.807, 2.05) is 0 Å². The molecule has 30 heavy (non-hydrogen) atoms. The van der Waals surface area contributed by atoms with Crippen molar-refractivity contribution in [2.75, 3.05) is 62.3 Å². The number of nitrogens with one attached hydrogen (secondary N) is 1. The molecule has 1 aromatic carbocycles.